The van der Waals surface area contributed by atoms with E-state index >= 15 is 0 Å². The first-order chi connectivity index (χ1) is 8.81. The van der Waals surface area contributed by atoms with Gasteiger partial charge in [0.05, 0.1) is 19.1 Å². The topological polar surface area (TPSA) is 69.2 Å². The van der Waals surface area contributed by atoms with Crippen LogP contribution in [0.2, 0.25) is 0 Å². The molecule has 5 nitrogen and oxygen atoms in total. The second-order valence-electron chi connectivity index (χ2n) is 3.90. The van der Waals surface area contributed by atoms with Crippen LogP contribution in [0.4, 0.5) is 0 Å². The summed E-state index contributed by atoms with van der Waals surface area (Å²) in [6.45, 7) is 0.707. The van der Waals surface area contributed by atoms with Crippen LogP contribution in [0.1, 0.15) is 16.1 Å². The molecule has 2 rings (SSSR count). The van der Waals surface area contributed by atoms with E-state index in [1.54, 1.807) is 4.90 Å². The third kappa shape index (κ3) is 2.95. The quantitative estimate of drug-likeness (QED) is 0.827. The third-order valence-corrected chi connectivity index (χ3v) is 2.60. The van der Waals surface area contributed by atoms with Gasteiger partial charge in [0.2, 0.25) is 0 Å². The molecule has 0 bridgehead atoms. The number of aliphatic hydroxyl groups excluding tert-OH is 1. The zero-order valence-electron chi connectivity index (χ0n) is 9.91. The van der Waals surface area contributed by atoms with E-state index in [0.29, 0.717) is 18.8 Å². The number of nitrogens with zero attached hydrogens (tertiary/aromatic N) is 2. The van der Waals surface area contributed by atoms with Crippen molar-refractivity contribution in [3.8, 4) is 0 Å². The number of imidazole rings is 1. The number of aromatic nitrogens is 2. The van der Waals surface area contributed by atoms with Crippen LogP contribution in [0.15, 0.2) is 42.9 Å². The molecular weight excluding hydrogens is 230 g/mol. The van der Waals surface area contributed by atoms with Crippen LogP contribution in [-0.4, -0.2) is 39.0 Å². The Bertz CT molecular complexity index is 482. The number of aliphatic hydroxyl groups is 1. The molecule has 94 valence electrons. The normalized spacial score (nSPS) is 10.3. The van der Waals surface area contributed by atoms with Gasteiger partial charge in [-0.15, -0.1) is 0 Å². The highest BCUT2D eigenvalue weighted by Crippen LogP contribution is 2.07. The SMILES string of the molecule is O=C(c1cnc[nH]1)N(CCO)Cc1ccccc1. The standard InChI is InChI=1S/C13H15N3O2/c17-7-6-16(9-11-4-2-1-3-5-11)13(18)12-8-14-10-15-12/h1-5,8,10,17H,6-7,9H2,(H,14,15). The van der Waals surface area contributed by atoms with Gasteiger partial charge in [-0.3, -0.25) is 4.79 Å². The number of nitrogens with one attached hydrogen (secondary N) is 1. The van der Waals surface area contributed by atoms with E-state index in [2.05, 4.69) is 9.97 Å². The zero-order valence-corrected chi connectivity index (χ0v) is 9.91. The average molecular weight is 245 g/mol. The second kappa shape index (κ2) is 5.97. The smallest absolute Gasteiger partial charge is 0.272 e. The Morgan fingerprint density at radius 1 is 1.33 bits per heavy atom. The van der Waals surface area contributed by atoms with E-state index in [9.17, 15) is 4.79 Å². The molecule has 0 aliphatic carbocycles. The summed E-state index contributed by atoms with van der Waals surface area (Å²) in [7, 11) is 0. The van der Waals surface area contributed by atoms with E-state index < -0.39 is 0 Å². The maximum absolute atomic E-state index is 12.1. The maximum atomic E-state index is 12.1. The minimum absolute atomic E-state index is 0.0628. The molecule has 18 heavy (non-hydrogen) atoms. The van der Waals surface area contributed by atoms with Gasteiger partial charge in [-0.1, -0.05) is 30.3 Å². The molecule has 1 heterocycles. The third-order valence-electron chi connectivity index (χ3n) is 2.60. The molecule has 0 fully saturated rings. The number of benzene rings is 1. The first kappa shape index (κ1) is 12.3. The van der Waals surface area contributed by atoms with Gasteiger partial charge in [-0.25, -0.2) is 4.98 Å². The zero-order chi connectivity index (χ0) is 12.8. The average Bonchev–Trinajstić information content (AvgIpc) is 2.92. The van der Waals surface area contributed by atoms with E-state index in [1.165, 1.54) is 12.5 Å². The number of hydrogen-bond acceptors (Lipinski definition) is 3. The van der Waals surface area contributed by atoms with Crippen molar-refractivity contribution in [3.05, 3.63) is 54.1 Å². The van der Waals surface area contributed by atoms with Crippen LogP contribution in [0.5, 0.6) is 0 Å². The van der Waals surface area contributed by atoms with Crippen LogP contribution in [-0.2, 0) is 6.54 Å². The van der Waals surface area contributed by atoms with Crippen molar-refractivity contribution < 1.29 is 9.90 Å². The van der Waals surface area contributed by atoms with Crippen LogP contribution in [0, 0.1) is 0 Å². The van der Waals surface area contributed by atoms with Crippen molar-refractivity contribution in [2.24, 2.45) is 0 Å². The minimum atomic E-state index is -0.162. The lowest BCUT2D eigenvalue weighted by molar-refractivity contribution is 0.0702. The number of carbonyl (C=O) groups is 1. The van der Waals surface area contributed by atoms with E-state index in [0.717, 1.165) is 5.56 Å². The summed E-state index contributed by atoms with van der Waals surface area (Å²) in [5, 5.41) is 9.04. The molecule has 0 saturated heterocycles. The van der Waals surface area contributed by atoms with Gasteiger partial charge in [0.25, 0.3) is 5.91 Å². The summed E-state index contributed by atoms with van der Waals surface area (Å²) in [4.78, 5) is 20.3. The number of carbonyl (C=O) groups excluding carboxylic acids is 1. The Morgan fingerprint density at radius 3 is 2.72 bits per heavy atom. The summed E-state index contributed by atoms with van der Waals surface area (Å²) in [5.74, 6) is -0.162. The lowest BCUT2D eigenvalue weighted by Gasteiger charge is -2.21. The highest BCUT2D eigenvalue weighted by atomic mass is 16.3. The molecule has 1 aromatic carbocycles. The summed E-state index contributed by atoms with van der Waals surface area (Å²) >= 11 is 0. The Morgan fingerprint density at radius 2 is 2.11 bits per heavy atom. The van der Waals surface area contributed by atoms with Gasteiger partial charge in [-0.2, -0.15) is 0 Å². The molecule has 1 amide bonds. The molecule has 0 radical (unpaired) electrons. The predicted molar refractivity (Wildman–Crippen MR) is 66.9 cm³/mol. The van der Waals surface area contributed by atoms with Crippen LogP contribution in [0.25, 0.3) is 0 Å². The Kier molecular flexibility index (Phi) is 4.09. The molecule has 2 N–H and O–H groups in total. The fourth-order valence-electron chi connectivity index (χ4n) is 1.72. The molecule has 0 atom stereocenters. The van der Waals surface area contributed by atoms with Gasteiger partial charge in [-0.05, 0) is 5.56 Å². The van der Waals surface area contributed by atoms with Crippen molar-refractivity contribution in [2.45, 2.75) is 6.54 Å². The fraction of sp³-hybridized carbons (Fsp3) is 0.231. The van der Waals surface area contributed by atoms with Gasteiger partial charge in [0.1, 0.15) is 5.69 Å². The monoisotopic (exact) mass is 245 g/mol. The van der Waals surface area contributed by atoms with Gasteiger partial charge < -0.3 is 15.0 Å². The van der Waals surface area contributed by atoms with Crippen molar-refractivity contribution >= 4 is 5.91 Å². The highest BCUT2D eigenvalue weighted by Gasteiger charge is 2.16. The van der Waals surface area contributed by atoms with Crippen molar-refractivity contribution in [1.29, 1.82) is 0 Å². The molecule has 0 spiro atoms. The minimum Gasteiger partial charge on any atom is -0.395 e. The van der Waals surface area contributed by atoms with Crippen molar-refractivity contribution in [3.63, 3.8) is 0 Å². The second-order valence-corrected chi connectivity index (χ2v) is 3.90. The fourth-order valence-corrected chi connectivity index (χ4v) is 1.72. The first-order valence-corrected chi connectivity index (χ1v) is 5.73. The van der Waals surface area contributed by atoms with Gasteiger partial charge >= 0.3 is 0 Å². The molecule has 2 aromatic rings. The Balaban J connectivity index is 2.11. The summed E-state index contributed by atoms with van der Waals surface area (Å²) < 4.78 is 0. The molecule has 0 unspecified atom stereocenters. The van der Waals surface area contributed by atoms with Gasteiger partial charge in [0.15, 0.2) is 0 Å². The molecule has 0 aliphatic heterocycles. The Hall–Kier alpha value is -2.14. The van der Waals surface area contributed by atoms with E-state index in [-0.39, 0.29) is 12.5 Å². The largest absolute Gasteiger partial charge is 0.395 e. The van der Waals surface area contributed by atoms with Crippen molar-refractivity contribution in [2.75, 3.05) is 13.2 Å². The summed E-state index contributed by atoms with van der Waals surface area (Å²) in [5.41, 5.74) is 1.46. The van der Waals surface area contributed by atoms with E-state index in [4.69, 9.17) is 5.11 Å². The molecule has 0 aliphatic rings. The lowest BCUT2D eigenvalue weighted by Crippen LogP contribution is -2.33. The number of aromatic amines is 1. The number of amides is 1. The molecule has 1 aromatic heterocycles. The maximum Gasteiger partial charge on any atom is 0.272 e. The molecule has 0 saturated carbocycles. The predicted octanol–water partition coefficient (Wildman–Crippen LogP) is 1.04. The lowest BCUT2D eigenvalue weighted by atomic mass is 10.2. The number of H-pyrrole nitrogens is 1. The summed E-state index contributed by atoms with van der Waals surface area (Å²) in [6, 6.07) is 9.67. The molecule has 5 heteroatoms. The Labute approximate surface area is 105 Å². The first-order valence-electron chi connectivity index (χ1n) is 5.73. The van der Waals surface area contributed by atoms with Gasteiger partial charge in [0, 0.05) is 13.1 Å². The van der Waals surface area contributed by atoms with Crippen molar-refractivity contribution in [1.82, 2.24) is 14.9 Å². The number of rotatable bonds is 5. The van der Waals surface area contributed by atoms with Crippen LogP contribution >= 0.6 is 0 Å². The summed E-state index contributed by atoms with van der Waals surface area (Å²) in [6.07, 6.45) is 2.95. The van der Waals surface area contributed by atoms with Crippen LogP contribution in [0.3, 0.4) is 0 Å². The van der Waals surface area contributed by atoms with E-state index in [1.807, 2.05) is 30.3 Å². The number of hydrogen-bond donors (Lipinski definition) is 2. The van der Waals surface area contributed by atoms with Crippen LogP contribution < -0.4 is 0 Å². The highest BCUT2D eigenvalue weighted by molar-refractivity contribution is 5.92. The molecular formula is C13H15N3O2.